The van der Waals surface area contributed by atoms with Gasteiger partial charge in [0.05, 0.1) is 24.0 Å². The van der Waals surface area contributed by atoms with Crippen molar-refractivity contribution in [2.45, 2.75) is 57.5 Å². The molecule has 2 amide bonds. The van der Waals surface area contributed by atoms with Gasteiger partial charge < -0.3 is 14.5 Å². The summed E-state index contributed by atoms with van der Waals surface area (Å²) in [5.41, 5.74) is 2.27. The number of amides is 2. The number of para-hydroxylation sites is 1. The molecule has 4 rings (SSSR count). The standard InChI is InChI=1S/C24H30N4O3/c1-17-14-26-19(15-25-17)24(30)28-13-7-11-20-21(28)10-5-3-8-18-9-4-6-12-22(18)31-16-23(29)27(20)2/h4,6,9,12,14-15,20-21H,3,5,7-8,10-11,13,16H2,1-2H3/t20-,21-/m1/s1. The van der Waals surface area contributed by atoms with Gasteiger partial charge in [-0.3, -0.25) is 14.6 Å². The first-order valence-electron chi connectivity index (χ1n) is 11.1. The van der Waals surface area contributed by atoms with Crippen molar-refractivity contribution in [2.24, 2.45) is 0 Å². The summed E-state index contributed by atoms with van der Waals surface area (Å²) in [4.78, 5) is 38.5. The highest BCUT2D eigenvalue weighted by atomic mass is 16.5. The monoisotopic (exact) mass is 422 g/mol. The van der Waals surface area contributed by atoms with Gasteiger partial charge in [-0.1, -0.05) is 24.6 Å². The van der Waals surface area contributed by atoms with Gasteiger partial charge in [0.25, 0.3) is 11.8 Å². The molecular weight excluding hydrogens is 392 g/mol. The van der Waals surface area contributed by atoms with E-state index in [2.05, 4.69) is 16.0 Å². The van der Waals surface area contributed by atoms with Crippen LogP contribution >= 0.6 is 0 Å². The van der Waals surface area contributed by atoms with Crippen LogP contribution in [0.15, 0.2) is 36.7 Å². The number of likely N-dealkylation sites (N-methyl/N-ethyl adjacent to an activating group) is 1. The van der Waals surface area contributed by atoms with Gasteiger partial charge in [-0.2, -0.15) is 0 Å². The topological polar surface area (TPSA) is 75.6 Å². The van der Waals surface area contributed by atoms with Crippen molar-refractivity contribution in [3.63, 3.8) is 0 Å². The van der Waals surface area contributed by atoms with E-state index in [0.29, 0.717) is 12.2 Å². The van der Waals surface area contributed by atoms with Gasteiger partial charge in [0.15, 0.2) is 6.61 Å². The van der Waals surface area contributed by atoms with Crippen LogP contribution < -0.4 is 4.74 Å². The fourth-order valence-electron chi connectivity index (χ4n) is 4.69. The van der Waals surface area contributed by atoms with Crippen LogP contribution in [0.3, 0.4) is 0 Å². The average Bonchev–Trinajstić information content (AvgIpc) is 2.79. The van der Waals surface area contributed by atoms with Crippen LogP contribution in [-0.2, 0) is 11.2 Å². The zero-order valence-corrected chi connectivity index (χ0v) is 18.3. The van der Waals surface area contributed by atoms with Crippen molar-refractivity contribution < 1.29 is 14.3 Å². The number of piperidine rings is 1. The minimum absolute atomic E-state index is 0.00805. The fourth-order valence-corrected chi connectivity index (χ4v) is 4.69. The zero-order valence-electron chi connectivity index (χ0n) is 18.3. The minimum Gasteiger partial charge on any atom is -0.483 e. The smallest absolute Gasteiger partial charge is 0.274 e. The van der Waals surface area contributed by atoms with Gasteiger partial charge in [0.2, 0.25) is 0 Å². The number of benzene rings is 1. The van der Waals surface area contributed by atoms with Gasteiger partial charge >= 0.3 is 0 Å². The number of carbonyl (C=O) groups excluding carboxylic acids is 2. The number of fused-ring (bicyclic) bond motifs is 2. The minimum atomic E-state index is -0.100. The molecule has 164 valence electrons. The summed E-state index contributed by atoms with van der Waals surface area (Å²) in [6.07, 6.45) is 8.65. The highest BCUT2D eigenvalue weighted by Gasteiger charge is 2.38. The van der Waals surface area contributed by atoms with Crippen molar-refractivity contribution in [3.05, 3.63) is 53.6 Å². The number of aryl methyl sites for hydroxylation is 2. The molecule has 0 bridgehead atoms. The maximum Gasteiger partial charge on any atom is 0.274 e. The van der Waals surface area contributed by atoms with E-state index in [4.69, 9.17) is 4.74 Å². The normalized spacial score (nSPS) is 22.5. The molecule has 31 heavy (non-hydrogen) atoms. The molecule has 0 saturated carbocycles. The third-order valence-electron chi connectivity index (χ3n) is 6.41. The summed E-state index contributed by atoms with van der Waals surface area (Å²) >= 11 is 0. The van der Waals surface area contributed by atoms with Crippen LogP contribution in [-0.4, -0.2) is 63.9 Å². The first kappa shape index (κ1) is 21.3. The molecule has 2 aromatic rings. The first-order chi connectivity index (χ1) is 15.0. The molecule has 1 fully saturated rings. The molecule has 0 radical (unpaired) electrons. The summed E-state index contributed by atoms with van der Waals surface area (Å²) in [5.74, 6) is 0.631. The lowest BCUT2D eigenvalue weighted by molar-refractivity contribution is -0.136. The number of likely N-dealkylation sites (tertiary alicyclic amines) is 1. The SMILES string of the molecule is Cc1cnc(C(=O)N2CCC[C@@H]3[C@H]2CCCCc2ccccc2OCC(=O)N3C)cn1. The Hall–Kier alpha value is -2.96. The zero-order chi connectivity index (χ0) is 21.8. The van der Waals surface area contributed by atoms with Crippen LogP contribution in [0.5, 0.6) is 5.75 Å². The molecule has 0 unspecified atom stereocenters. The molecule has 2 aliphatic heterocycles. The lowest BCUT2D eigenvalue weighted by atomic mass is 9.89. The number of carbonyl (C=O) groups is 2. The Morgan fingerprint density at radius 2 is 1.87 bits per heavy atom. The maximum atomic E-state index is 13.3. The highest BCUT2D eigenvalue weighted by Crippen LogP contribution is 2.29. The number of rotatable bonds is 1. The van der Waals surface area contributed by atoms with E-state index in [-0.39, 0.29) is 30.5 Å². The van der Waals surface area contributed by atoms with Crippen LogP contribution in [0.2, 0.25) is 0 Å². The van der Waals surface area contributed by atoms with Gasteiger partial charge in [-0.25, -0.2) is 4.98 Å². The molecule has 7 nitrogen and oxygen atoms in total. The van der Waals surface area contributed by atoms with E-state index < -0.39 is 0 Å². The maximum absolute atomic E-state index is 13.3. The Morgan fingerprint density at radius 3 is 2.68 bits per heavy atom. The van der Waals surface area contributed by atoms with E-state index >= 15 is 0 Å². The molecule has 0 spiro atoms. The van der Waals surface area contributed by atoms with Crippen molar-refractivity contribution in [1.29, 1.82) is 0 Å². The summed E-state index contributed by atoms with van der Waals surface area (Å²) < 4.78 is 5.89. The third-order valence-corrected chi connectivity index (χ3v) is 6.41. The van der Waals surface area contributed by atoms with Crippen molar-refractivity contribution in [3.8, 4) is 5.75 Å². The van der Waals surface area contributed by atoms with Gasteiger partial charge in [0.1, 0.15) is 11.4 Å². The second-order valence-electron chi connectivity index (χ2n) is 8.47. The largest absolute Gasteiger partial charge is 0.483 e. The molecule has 1 aromatic heterocycles. The second-order valence-corrected chi connectivity index (χ2v) is 8.47. The summed E-state index contributed by atoms with van der Waals surface area (Å²) in [7, 11) is 1.83. The predicted octanol–water partition coefficient (Wildman–Crippen LogP) is 3.02. The molecule has 2 atom stereocenters. The van der Waals surface area contributed by atoms with Crippen LogP contribution in [0, 0.1) is 6.92 Å². The van der Waals surface area contributed by atoms with Crippen molar-refractivity contribution >= 4 is 11.8 Å². The average molecular weight is 423 g/mol. The molecule has 7 heteroatoms. The third kappa shape index (κ3) is 4.70. The van der Waals surface area contributed by atoms with Crippen LogP contribution in [0.25, 0.3) is 0 Å². The van der Waals surface area contributed by atoms with E-state index in [0.717, 1.165) is 55.5 Å². The Balaban J connectivity index is 1.58. The van der Waals surface area contributed by atoms with E-state index in [1.807, 2.05) is 37.1 Å². The molecule has 3 heterocycles. The lowest BCUT2D eigenvalue weighted by Crippen LogP contribution is -2.58. The van der Waals surface area contributed by atoms with Gasteiger partial charge in [0, 0.05) is 19.8 Å². The Morgan fingerprint density at radius 1 is 1.06 bits per heavy atom. The van der Waals surface area contributed by atoms with Crippen molar-refractivity contribution in [1.82, 2.24) is 19.8 Å². The van der Waals surface area contributed by atoms with Gasteiger partial charge in [-0.15, -0.1) is 0 Å². The van der Waals surface area contributed by atoms with Gasteiger partial charge in [-0.05, 0) is 50.7 Å². The van der Waals surface area contributed by atoms with E-state index in [9.17, 15) is 9.59 Å². The molecule has 2 aliphatic rings. The summed E-state index contributed by atoms with van der Waals surface area (Å²) in [5, 5.41) is 0. The first-order valence-corrected chi connectivity index (χ1v) is 11.1. The van der Waals surface area contributed by atoms with E-state index in [1.54, 1.807) is 17.3 Å². The number of hydrogen-bond donors (Lipinski definition) is 0. The molecule has 0 aliphatic carbocycles. The Bertz CT molecular complexity index is 931. The van der Waals surface area contributed by atoms with E-state index in [1.165, 1.54) is 0 Å². The van der Waals surface area contributed by atoms with Crippen LogP contribution in [0.1, 0.15) is 53.8 Å². The summed E-state index contributed by atoms with van der Waals surface area (Å²) in [6.45, 7) is 2.54. The van der Waals surface area contributed by atoms with Crippen LogP contribution in [0.4, 0.5) is 0 Å². The quantitative estimate of drug-likeness (QED) is 0.706. The Kier molecular flexibility index (Phi) is 6.49. The molecular formula is C24H30N4O3. The number of hydrogen-bond acceptors (Lipinski definition) is 5. The lowest BCUT2D eigenvalue weighted by Gasteiger charge is -2.45. The second kappa shape index (κ2) is 9.45. The number of aromatic nitrogens is 2. The number of ether oxygens (including phenoxy) is 1. The number of nitrogens with zero attached hydrogens (tertiary/aromatic N) is 4. The van der Waals surface area contributed by atoms with Crippen molar-refractivity contribution in [2.75, 3.05) is 20.2 Å². The molecule has 0 N–H and O–H groups in total. The summed E-state index contributed by atoms with van der Waals surface area (Å²) in [6, 6.07) is 7.87. The predicted molar refractivity (Wildman–Crippen MR) is 117 cm³/mol. The Labute approximate surface area is 183 Å². The fraction of sp³-hybridized carbons (Fsp3) is 0.500. The highest BCUT2D eigenvalue weighted by molar-refractivity contribution is 5.92. The molecule has 1 saturated heterocycles. The molecule has 1 aromatic carbocycles.